The van der Waals surface area contributed by atoms with Crippen LogP contribution >= 0.6 is 23.4 Å². The summed E-state index contributed by atoms with van der Waals surface area (Å²) < 4.78 is 60.5. The van der Waals surface area contributed by atoms with Crippen molar-refractivity contribution in [1.29, 1.82) is 0 Å². The Balaban J connectivity index is 1.63. The lowest BCUT2D eigenvalue weighted by Crippen LogP contribution is -2.55. The number of hydrogen-bond acceptors (Lipinski definition) is 7. The van der Waals surface area contributed by atoms with E-state index in [1.807, 2.05) is 0 Å². The van der Waals surface area contributed by atoms with Crippen LogP contribution in [0.15, 0.2) is 41.4 Å². The van der Waals surface area contributed by atoms with Crippen molar-refractivity contribution >= 4 is 23.4 Å². The molecule has 0 radical (unpaired) electrons. The van der Waals surface area contributed by atoms with Crippen LogP contribution in [-0.2, 0) is 4.74 Å². The number of hydrogen-bond donors (Lipinski definition) is 3. The largest absolute Gasteiger partial charge is 0.394 e. The Kier molecular flexibility index (Phi) is 6.93. The molecule has 0 saturated carbocycles. The fraction of sp³-hybridized carbons (Fsp3) is 0.300. The number of aromatic nitrogens is 3. The fourth-order valence-corrected chi connectivity index (χ4v) is 4.76. The summed E-state index contributed by atoms with van der Waals surface area (Å²) in [5.74, 6) is -5.09. The molecule has 1 saturated heterocycles. The van der Waals surface area contributed by atoms with Gasteiger partial charge in [-0.15, -0.1) is 5.10 Å². The van der Waals surface area contributed by atoms with Crippen LogP contribution in [0.2, 0.25) is 5.02 Å². The third kappa shape index (κ3) is 4.72. The van der Waals surface area contributed by atoms with E-state index in [4.69, 9.17) is 16.3 Å². The lowest BCUT2D eigenvalue weighted by Gasteiger charge is -2.41. The lowest BCUT2D eigenvalue weighted by molar-refractivity contribution is -0.178. The Labute approximate surface area is 193 Å². The molecule has 2 aromatic carbocycles. The number of aliphatic hydroxyl groups excluding tert-OH is 3. The number of halogens is 5. The molecule has 2 heterocycles. The van der Waals surface area contributed by atoms with E-state index >= 15 is 0 Å². The van der Waals surface area contributed by atoms with Crippen molar-refractivity contribution in [2.45, 2.75) is 34.7 Å². The summed E-state index contributed by atoms with van der Waals surface area (Å²) in [5, 5.41) is 38.7. The van der Waals surface area contributed by atoms with Gasteiger partial charge in [-0.1, -0.05) is 28.6 Å². The molecular formula is C20H16ClF4N3O4S. The van der Waals surface area contributed by atoms with Crippen LogP contribution in [-0.4, -0.2) is 60.7 Å². The minimum atomic E-state index is -1.63. The first-order valence-corrected chi connectivity index (χ1v) is 10.8. The summed E-state index contributed by atoms with van der Waals surface area (Å²) in [4.78, 5) is 0.453. The molecule has 1 aromatic heterocycles. The van der Waals surface area contributed by atoms with E-state index in [-0.39, 0.29) is 16.3 Å². The predicted molar refractivity (Wildman–Crippen MR) is 109 cm³/mol. The van der Waals surface area contributed by atoms with Crippen molar-refractivity contribution in [2.75, 3.05) is 6.61 Å². The van der Waals surface area contributed by atoms with Crippen molar-refractivity contribution in [3.8, 4) is 11.3 Å². The summed E-state index contributed by atoms with van der Waals surface area (Å²) in [7, 11) is 0. The molecule has 0 aliphatic carbocycles. The second-order valence-corrected chi connectivity index (χ2v) is 8.81. The van der Waals surface area contributed by atoms with Crippen molar-refractivity contribution in [3.05, 3.63) is 64.8 Å². The second-order valence-electron chi connectivity index (χ2n) is 7.23. The Morgan fingerprint density at radius 2 is 1.73 bits per heavy atom. The van der Waals surface area contributed by atoms with Crippen LogP contribution in [0.1, 0.15) is 6.04 Å². The van der Waals surface area contributed by atoms with Gasteiger partial charge in [-0.3, -0.25) is 0 Å². The van der Waals surface area contributed by atoms with E-state index in [9.17, 15) is 32.9 Å². The molecule has 1 aliphatic heterocycles. The molecule has 0 spiro atoms. The highest BCUT2D eigenvalue weighted by Gasteiger charge is 2.46. The van der Waals surface area contributed by atoms with Crippen molar-refractivity contribution in [2.24, 2.45) is 0 Å². The number of rotatable bonds is 5. The molecule has 0 amide bonds. The first-order valence-electron chi connectivity index (χ1n) is 9.50. The van der Waals surface area contributed by atoms with Crippen LogP contribution in [0, 0.1) is 23.3 Å². The quantitative estimate of drug-likeness (QED) is 0.362. The minimum Gasteiger partial charge on any atom is -0.394 e. The van der Waals surface area contributed by atoms with Crippen molar-refractivity contribution < 1.29 is 37.6 Å². The fourth-order valence-electron chi connectivity index (χ4n) is 3.42. The molecule has 3 N–H and O–H groups in total. The SMILES string of the molecule is OCC1OC(Sc2ccc(F)c(Cl)c2)C(O)C(n2cc(-c3cc(F)c(F)c(F)c3)nn2)C1O. The molecule has 0 bridgehead atoms. The number of thioether (sulfide) groups is 1. The Bertz CT molecular complexity index is 1150. The first-order chi connectivity index (χ1) is 15.7. The van der Waals surface area contributed by atoms with Gasteiger partial charge in [0, 0.05) is 10.5 Å². The first kappa shape index (κ1) is 23.9. The number of benzene rings is 2. The van der Waals surface area contributed by atoms with Gasteiger partial charge < -0.3 is 20.1 Å². The summed E-state index contributed by atoms with van der Waals surface area (Å²) in [6, 6.07) is 4.17. The van der Waals surface area contributed by atoms with Crippen LogP contribution in [0.3, 0.4) is 0 Å². The van der Waals surface area contributed by atoms with Gasteiger partial charge in [0.2, 0.25) is 0 Å². The van der Waals surface area contributed by atoms with Gasteiger partial charge in [0.05, 0.1) is 17.8 Å². The molecule has 5 unspecified atom stereocenters. The van der Waals surface area contributed by atoms with E-state index in [2.05, 4.69) is 10.3 Å². The second kappa shape index (κ2) is 9.57. The van der Waals surface area contributed by atoms with Crippen molar-refractivity contribution in [1.82, 2.24) is 15.0 Å². The van der Waals surface area contributed by atoms with Crippen molar-refractivity contribution in [3.63, 3.8) is 0 Å². The van der Waals surface area contributed by atoms with E-state index in [1.165, 1.54) is 18.3 Å². The molecule has 7 nitrogen and oxygen atoms in total. The van der Waals surface area contributed by atoms with Crippen LogP contribution in [0.4, 0.5) is 17.6 Å². The van der Waals surface area contributed by atoms with Crippen LogP contribution < -0.4 is 0 Å². The maximum Gasteiger partial charge on any atom is 0.194 e. The molecule has 1 aliphatic rings. The van der Waals surface area contributed by atoms with Gasteiger partial charge in [0.1, 0.15) is 41.3 Å². The zero-order chi connectivity index (χ0) is 23.9. The molecule has 5 atom stereocenters. The Morgan fingerprint density at radius 3 is 2.36 bits per heavy atom. The summed E-state index contributed by atoms with van der Waals surface area (Å²) >= 11 is 6.77. The van der Waals surface area contributed by atoms with Crippen LogP contribution in [0.5, 0.6) is 0 Å². The zero-order valence-electron chi connectivity index (χ0n) is 16.4. The predicted octanol–water partition coefficient (Wildman–Crippen LogP) is 2.93. The number of aliphatic hydroxyl groups is 3. The van der Waals surface area contributed by atoms with E-state index in [0.717, 1.165) is 34.6 Å². The third-order valence-electron chi connectivity index (χ3n) is 5.09. The standard InChI is InChI=1S/C20H16ClF4N3O4S/c21-10-5-9(1-2-11(10)22)33-20-19(31)17(18(30)15(7-29)32-20)28-6-14(26-27-28)8-3-12(23)16(25)13(24)4-8/h1-6,15,17-20,29-31H,7H2. The molecule has 3 aromatic rings. The Hall–Kier alpha value is -2.22. The highest BCUT2D eigenvalue weighted by Crippen LogP contribution is 2.39. The molecule has 1 fully saturated rings. The van der Waals surface area contributed by atoms with E-state index < -0.39 is 59.7 Å². The van der Waals surface area contributed by atoms with Gasteiger partial charge in [-0.05, 0) is 30.3 Å². The smallest absolute Gasteiger partial charge is 0.194 e. The van der Waals surface area contributed by atoms with Gasteiger partial charge >= 0.3 is 0 Å². The van der Waals surface area contributed by atoms with Crippen LogP contribution in [0.25, 0.3) is 11.3 Å². The van der Waals surface area contributed by atoms with Gasteiger partial charge in [0.15, 0.2) is 17.5 Å². The third-order valence-corrected chi connectivity index (χ3v) is 6.53. The van der Waals surface area contributed by atoms with Gasteiger partial charge in [-0.25, -0.2) is 22.2 Å². The maximum absolute atomic E-state index is 13.6. The lowest BCUT2D eigenvalue weighted by atomic mass is 9.97. The molecule has 13 heteroatoms. The molecule has 4 rings (SSSR count). The topological polar surface area (TPSA) is 101 Å². The van der Waals surface area contributed by atoms with E-state index in [0.29, 0.717) is 4.90 Å². The average Bonchev–Trinajstić information content (AvgIpc) is 3.26. The minimum absolute atomic E-state index is 0.0474. The highest BCUT2D eigenvalue weighted by molar-refractivity contribution is 7.99. The zero-order valence-corrected chi connectivity index (χ0v) is 18.0. The molecule has 33 heavy (non-hydrogen) atoms. The normalized spacial score (nSPS) is 25.4. The maximum atomic E-state index is 13.6. The molecule has 176 valence electrons. The average molecular weight is 506 g/mol. The van der Waals surface area contributed by atoms with Gasteiger partial charge in [-0.2, -0.15) is 0 Å². The molecular weight excluding hydrogens is 490 g/mol. The summed E-state index contributed by atoms with van der Waals surface area (Å²) in [6.07, 6.45) is -2.76. The highest BCUT2D eigenvalue weighted by atomic mass is 35.5. The number of nitrogens with zero attached hydrogens (tertiary/aromatic N) is 3. The van der Waals surface area contributed by atoms with E-state index in [1.54, 1.807) is 0 Å². The van der Waals surface area contributed by atoms with Gasteiger partial charge in [0.25, 0.3) is 0 Å². The summed E-state index contributed by atoms with van der Waals surface area (Å²) in [6.45, 7) is -0.596. The number of ether oxygens (including phenoxy) is 1. The monoisotopic (exact) mass is 505 g/mol. The summed E-state index contributed by atoms with van der Waals surface area (Å²) in [5.41, 5.74) is -1.20. The Morgan fingerprint density at radius 1 is 1.03 bits per heavy atom.